The van der Waals surface area contributed by atoms with Crippen LogP contribution in [0.4, 0.5) is 5.69 Å². The topological polar surface area (TPSA) is 15.3 Å². The summed E-state index contributed by atoms with van der Waals surface area (Å²) in [6, 6.07) is 7.00. The zero-order valence-corrected chi connectivity index (χ0v) is 11.5. The molecule has 0 bridgehead atoms. The summed E-state index contributed by atoms with van der Waals surface area (Å²) in [4.78, 5) is 2.49. The smallest absolute Gasteiger partial charge is 0.0425 e. The lowest BCUT2D eigenvalue weighted by Gasteiger charge is -2.24. The molecule has 3 heteroatoms. The van der Waals surface area contributed by atoms with Gasteiger partial charge in [0.2, 0.25) is 0 Å². The molecule has 1 saturated heterocycles. The van der Waals surface area contributed by atoms with E-state index in [0.717, 1.165) is 0 Å². The lowest BCUT2D eigenvalue weighted by atomic mass is 10.1. The summed E-state index contributed by atoms with van der Waals surface area (Å²) in [5, 5.41) is 3.32. The molecule has 1 aromatic rings. The third kappa shape index (κ3) is 2.41. The van der Waals surface area contributed by atoms with Crippen molar-refractivity contribution < 1.29 is 0 Å². The van der Waals surface area contributed by atoms with Crippen molar-refractivity contribution in [2.75, 3.05) is 25.0 Å². The molecular formula is C13H19BrN2. The molecule has 16 heavy (non-hydrogen) atoms. The van der Waals surface area contributed by atoms with Gasteiger partial charge in [-0.25, -0.2) is 0 Å². The highest BCUT2D eigenvalue weighted by Gasteiger charge is 2.18. The summed E-state index contributed by atoms with van der Waals surface area (Å²) in [7, 11) is 2.01. The molecule has 1 fully saturated rings. The fourth-order valence-electron chi connectivity index (χ4n) is 2.27. The number of halogens is 1. The van der Waals surface area contributed by atoms with Gasteiger partial charge in [-0.2, -0.15) is 0 Å². The third-order valence-corrected chi connectivity index (χ3v) is 3.83. The molecule has 1 aliphatic rings. The van der Waals surface area contributed by atoms with E-state index in [1.165, 1.54) is 41.7 Å². The monoisotopic (exact) mass is 282 g/mol. The van der Waals surface area contributed by atoms with E-state index in [1.54, 1.807) is 0 Å². The van der Waals surface area contributed by atoms with Crippen LogP contribution in [0.15, 0.2) is 22.7 Å². The fourth-order valence-corrected chi connectivity index (χ4v) is 2.62. The van der Waals surface area contributed by atoms with Crippen LogP contribution in [0.1, 0.15) is 31.4 Å². The number of nitrogens with one attached hydrogen (secondary N) is 1. The molecule has 1 aliphatic heterocycles. The lowest BCUT2D eigenvalue weighted by molar-refractivity contribution is 0.650. The van der Waals surface area contributed by atoms with Gasteiger partial charge in [0.1, 0.15) is 0 Å². The highest BCUT2D eigenvalue weighted by molar-refractivity contribution is 9.10. The lowest BCUT2D eigenvalue weighted by Crippen LogP contribution is -2.22. The SMILES string of the molecule is CNC(C)c1ccc(Br)cc1N1CCCC1. The van der Waals surface area contributed by atoms with Crippen LogP contribution in [0.2, 0.25) is 0 Å². The molecule has 0 aliphatic carbocycles. The summed E-state index contributed by atoms with van der Waals surface area (Å²) >= 11 is 3.57. The second kappa shape index (κ2) is 5.19. The van der Waals surface area contributed by atoms with E-state index in [2.05, 4.69) is 51.3 Å². The van der Waals surface area contributed by atoms with Crippen molar-refractivity contribution in [3.8, 4) is 0 Å². The molecule has 0 amide bonds. The highest BCUT2D eigenvalue weighted by atomic mass is 79.9. The molecule has 0 saturated carbocycles. The van der Waals surface area contributed by atoms with Gasteiger partial charge in [-0.1, -0.05) is 22.0 Å². The van der Waals surface area contributed by atoms with Crippen LogP contribution in [0.3, 0.4) is 0 Å². The van der Waals surface area contributed by atoms with Gasteiger partial charge in [-0.3, -0.25) is 0 Å². The Morgan fingerprint density at radius 3 is 2.62 bits per heavy atom. The van der Waals surface area contributed by atoms with Crippen LogP contribution in [-0.4, -0.2) is 20.1 Å². The number of hydrogen-bond donors (Lipinski definition) is 1. The summed E-state index contributed by atoms with van der Waals surface area (Å²) < 4.78 is 1.17. The normalized spacial score (nSPS) is 17.8. The third-order valence-electron chi connectivity index (χ3n) is 3.34. The van der Waals surface area contributed by atoms with Crippen LogP contribution in [0.5, 0.6) is 0 Å². The quantitative estimate of drug-likeness (QED) is 0.915. The Kier molecular flexibility index (Phi) is 3.87. The second-order valence-electron chi connectivity index (χ2n) is 4.41. The van der Waals surface area contributed by atoms with E-state index in [0.29, 0.717) is 6.04 Å². The van der Waals surface area contributed by atoms with E-state index in [9.17, 15) is 0 Å². The maximum atomic E-state index is 3.57. The van der Waals surface area contributed by atoms with E-state index in [1.807, 2.05) is 7.05 Å². The van der Waals surface area contributed by atoms with Crippen molar-refractivity contribution in [1.82, 2.24) is 5.32 Å². The Labute approximate surface area is 106 Å². The van der Waals surface area contributed by atoms with Crippen molar-refractivity contribution in [2.24, 2.45) is 0 Å². The van der Waals surface area contributed by atoms with Gasteiger partial charge in [0, 0.05) is 29.3 Å². The predicted octanol–water partition coefficient (Wildman–Crippen LogP) is 3.33. The van der Waals surface area contributed by atoms with E-state index < -0.39 is 0 Å². The van der Waals surface area contributed by atoms with E-state index >= 15 is 0 Å². The van der Waals surface area contributed by atoms with Crippen LogP contribution in [-0.2, 0) is 0 Å². The van der Waals surface area contributed by atoms with Crippen LogP contribution in [0, 0.1) is 0 Å². The summed E-state index contributed by atoms with van der Waals surface area (Å²) in [6.45, 7) is 4.60. The van der Waals surface area contributed by atoms with Gasteiger partial charge in [-0.05, 0) is 44.5 Å². The first-order chi connectivity index (χ1) is 7.72. The molecule has 2 rings (SSSR count). The Morgan fingerprint density at radius 1 is 1.31 bits per heavy atom. The van der Waals surface area contributed by atoms with E-state index in [4.69, 9.17) is 0 Å². The zero-order chi connectivity index (χ0) is 11.5. The van der Waals surface area contributed by atoms with Crippen molar-refractivity contribution in [2.45, 2.75) is 25.8 Å². The van der Waals surface area contributed by atoms with Gasteiger partial charge >= 0.3 is 0 Å². The van der Waals surface area contributed by atoms with Gasteiger partial charge in [-0.15, -0.1) is 0 Å². The Bertz CT molecular complexity index is 359. The van der Waals surface area contributed by atoms with Gasteiger partial charge in [0.05, 0.1) is 0 Å². The first-order valence-electron chi connectivity index (χ1n) is 5.94. The van der Waals surface area contributed by atoms with Crippen molar-refractivity contribution >= 4 is 21.6 Å². The predicted molar refractivity (Wildman–Crippen MR) is 73.1 cm³/mol. The van der Waals surface area contributed by atoms with Crippen molar-refractivity contribution in [3.05, 3.63) is 28.2 Å². The standard InChI is InChI=1S/C13H19BrN2/c1-10(15-2)12-6-5-11(14)9-13(12)16-7-3-4-8-16/h5-6,9-10,15H,3-4,7-8H2,1-2H3. The Morgan fingerprint density at radius 2 is 2.00 bits per heavy atom. The molecule has 0 aromatic heterocycles. The molecule has 0 radical (unpaired) electrons. The first-order valence-corrected chi connectivity index (χ1v) is 6.73. The van der Waals surface area contributed by atoms with Crippen molar-refractivity contribution in [1.29, 1.82) is 0 Å². The minimum Gasteiger partial charge on any atom is -0.371 e. The summed E-state index contributed by atoms with van der Waals surface area (Å²) in [5.41, 5.74) is 2.78. The van der Waals surface area contributed by atoms with Gasteiger partial charge < -0.3 is 10.2 Å². The molecule has 1 atom stereocenters. The molecule has 1 unspecified atom stereocenters. The fraction of sp³-hybridized carbons (Fsp3) is 0.538. The van der Waals surface area contributed by atoms with E-state index in [-0.39, 0.29) is 0 Å². The van der Waals surface area contributed by atoms with Crippen LogP contribution < -0.4 is 10.2 Å². The maximum absolute atomic E-state index is 3.57. The Hall–Kier alpha value is -0.540. The number of rotatable bonds is 3. The number of hydrogen-bond acceptors (Lipinski definition) is 2. The molecule has 1 heterocycles. The Balaban J connectivity index is 2.35. The van der Waals surface area contributed by atoms with Gasteiger partial charge in [0.25, 0.3) is 0 Å². The van der Waals surface area contributed by atoms with Crippen LogP contribution in [0.25, 0.3) is 0 Å². The van der Waals surface area contributed by atoms with Crippen LogP contribution >= 0.6 is 15.9 Å². The highest BCUT2D eigenvalue weighted by Crippen LogP contribution is 2.31. The average molecular weight is 283 g/mol. The summed E-state index contributed by atoms with van der Waals surface area (Å²) in [6.07, 6.45) is 2.64. The molecular weight excluding hydrogens is 264 g/mol. The molecule has 2 nitrogen and oxygen atoms in total. The minimum absolute atomic E-state index is 0.406. The molecule has 1 N–H and O–H groups in total. The summed E-state index contributed by atoms with van der Waals surface area (Å²) in [5.74, 6) is 0. The van der Waals surface area contributed by atoms with Crippen molar-refractivity contribution in [3.63, 3.8) is 0 Å². The number of nitrogens with zero attached hydrogens (tertiary/aromatic N) is 1. The second-order valence-corrected chi connectivity index (χ2v) is 5.32. The van der Waals surface area contributed by atoms with Gasteiger partial charge in [0.15, 0.2) is 0 Å². The molecule has 1 aromatic carbocycles. The molecule has 0 spiro atoms. The first kappa shape index (κ1) is 11.9. The number of anilines is 1. The minimum atomic E-state index is 0.406. The zero-order valence-electron chi connectivity index (χ0n) is 9.96. The largest absolute Gasteiger partial charge is 0.371 e. The average Bonchev–Trinajstić information content (AvgIpc) is 2.81. The number of benzene rings is 1. The maximum Gasteiger partial charge on any atom is 0.0425 e. The molecule has 88 valence electrons.